The normalized spacial score (nSPS) is 14.1. The van der Waals surface area contributed by atoms with Crippen LogP contribution in [0.25, 0.3) is 0 Å². The number of phosphoric acid groups is 1. The number of unbranched alkanes of at least 4 members (excludes halogenated alkanes) is 22. The molecule has 0 rings (SSSR count). The molecule has 11 nitrogen and oxygen atoms in total. The maximum absolute atomic E-state index is 13.0. The fourth-order valence-electron chi connectivity index (χ4n) is 8.49. The smallest absolute Gasteiger partial charge is 0.462 e. The van der Waals surface area contributed by atoms with Gasteiger partial charge in [0.15, 0.2) is 6.10 Å². The van der Waals surface area contributed by atoms with E-state index in [1.807, 2.05) is 0 Å². The van der Waals surface area contributed by atoms with Gasteiger partial charge in [0.2, 0.25) is 0 Å². The number of ether oxygens (including phenoxy) is 3. The molecule has 0 aromatic heterocycles. The van der Waals surface area contributed by atoms with E-state index < -0.39 is 57.8 Å². The zero-order chi connectivity index (χ0) is 59.8. The van der Waals surface area contributed by atoms with Crippen LogP contribution in [0, 0.1) is 0 Å². The monoisotopic (exact) mass is 1160 g/mol. The van der Waals surface area contributed by atoms with Crippen molar-refractivity contribution in [3.05, 3.63) is 122 Å². The molecule has 468 valence electrons. The molecular weight excluding hydrogens is 1050 g/mol. The summed E-state index contributed by atoms with van der Waals surface area (Å²) in [4.78, 5) is 48.8. The number of esters is 3. The molecule has 0 spiro atoms. The van der Waals surface area contributed by atoms with E-state index >= 15 is 0 Å². The maximum Gasteiger partial charge on any atom is 0.472 e. The lowest BCUT2D eigenvalue weighted by molar-refractivity contribution is -0.161. The zero-order valence-electron chi connectivity index (χ0n) is 51.9. The van der Waals surface area contributed by atoms with E-state index in [1.165, 1.54) is 83.5 Å². The van der Waals surface area contributed by atoms with E-state index in [2.05, 4.69) is 142 Å². The molecule has 82 heavy (non-hydrogen) atoms. The molecule has 3 unspecified atom stereocenters. The number of carbonyl (C=O) groups is 3. The van der Waals surface area contributed by atoms with Gasteiger partial charge in [0.1, 0.15) is 12.7 Å². The highest BCUT2D eigenvalue weighted by Gasteiger charge is 2.28. The Morgan fingerprint density at radius 1 is 0.354 bits per heavy atom. The van der Waals surface area contributed by atoms with Crippen LogP contribution in [0.5, 0.6) is 0 Å². The summed E-state index contributed by atoms with van der Waals surface area (Å²) in [5.41, 5.74) is 0. The number of aliphatic hydroxyl groups is 1. The van der Waals surface area contributed by atoms with Gasteiger partial charge in [0.25, 0.3) is 0 Å². The summed E-state index contributed by atoms with van der Waals surface area (Å²) in [5, 5.41) is 9.86. The standard InChI is InChI=1S/C70H117O11P/c1-4-7-10-13-16-19-22-25-28-31-33-36-38-41-44-47-50-53-56-59-68(72)77-63-67(81-70(74)61-58-55-52-49-46-43-40-37-34-32-29-26-23-20-17-14-11-8-5-2)65-79-82(75,76)78-64-66(62-71)80-69(73)60-57-54-51-48-45-42-39-35-30-27-24-21-18-15-12-9-6-3/h7,9-10,12,16,18-19,21,25-30,33,36,39,41-42,44,66-67,71H,4-6,8,11,13-15,17,20,22-24,31-32,34-35,37-38,40,43,45-65H2,1-3H3,(H,75,76)/b10-7-,12-9-,19-16-,21-18-,28-25-,29-26-,30-27-,36-33-,42-39-,44-41-. The minimum absolute atomic E-state index is 0.141. The molecule has 12 heteroatoms. The summed E-state index contributed by atoms with van der Waals surface area (Å²) in [7, 11) is -4.78. The Bertz CT molecular complexity index is 1840. The molecule has 0 radical (unpaired) electrons. The van der Waals surface area contributed by atoms with Crippen molar-refractivity contribution < 1.29 is 52.2 Å². The summed E-state index contributed by atoms with van der Waals surface area (Å²) in [6, 6.07) is 0. The first-order valence-electron chi connectivity index (χ1n) is 32.4. The molecule has 3 atom stereocenters. The fourth-order valence-corrected chi connectivity index (χ4v) is 9.27. The third-order valence-electron chi connectivity index (χ3n) is 13.3. The Morgan fingerprint density at radius 2 is 0.634 bits per heavy atom. The average Bonchev–Trinajstić information content (AvgIpc) is 3.47. The highest BCUT2D eigenvalue weighted by Crippen LogP contribution is 2.43. The Hall–Kier alpha value is -4.12. The summed E-state index contributed by atoms with van der Waals surface area (Å²) in [6.45, 7) is 4.37. The predicted octanol–water partition coefficient (Wildman–Crippen LogP) is 19.9. The zero-order valence-corrected chi connectivity index (χ0v) is 52.8. The van der Waals surface area contributed by atoms with Crippen molar-refractivity contribution in [3.8, 4) is 0 Å². The van der Waals surface area contributed by atoms with Crippen molar-refractivity contribution in [1.29, 1.82) is 0 Å². The molecule has 0 fully saturated rings. The van der Waals surface area contributed by atoms with E-state index in [0.29, 0.717) is 19.3 Å². The van der Waals surface area contributed by atoms with E-state index in [0.717, 1.165) is 122 Å². The van der Waals surface area contributed by atoms with E-state index in [1.54, 1.807) is 0 Å². The second-order valence-electron chi connectivity index (χ2n) is 21.2. The van der Waals surface area contributed by atoms with Gasteiger partial charge in [-0.3, -0.25) is 23.4 Å². The van der Waals surface area contributed by atoms with Crippen molar-refractivity contribution >= 4 is 25.7 Å². The highest BCUT2D eigenvalue weighted by atomic mass is 31.2. The molecule has 0 bridgehead atoms. The molecule has 0 heterocycles. The number of allylic oxidation sites excluding steroid dienone is 20. The van der Waals surface area contributed by atoms with Crippen LogP contribution >= 0.6 is 7.82 Å². The van der Waals surface area contributed by atoms with Crippen molar-refractivity contribution in [2.75, 3.05) is 26.4 Å². The van der Waals surface area contributed by atoms with Gasteiger partial charge in [-0.05, 0) is 128 Å². The molecule has 0 saturated carbocycles. The number of rotatable bonds is 59. The molecular formula is C70H117O11P. The van der Waals surface area contributed by atoms with Crippen LogP contribution in [0.2, 0.25) is 0 Å². The first kappa shape index (κ1) is 77.9. The van der Waals surface area contributed by atoms with Gasteiger partial charge >= 0.3 is 25.7 Å². The van der Waals surface area contributed by atoms with Gasteiger partial charge in [-0.2, -0.15) is 0 Å². The molecule has 0 aliphatic carbocycles. The molecule has 0 saturated heterocycles. The second-order valence-corrected chi connectivity index (χ2v) is 22.6. The van der Waals surface area contributed by atoms with Crippen LogP contribution in [-0.2, 0) is 42.2 Å². The molecule has 0 aromatic rings. The lowest BCUT2D eigenvalue weighted by Crippen LogP contribution is -2.30. The summed E-state index contributed by atoms with van der Waals surface area (Å²) in [6.07, 6.45) is 78.6. The van der Waals surface area contributed by atoms with E-state index in [9.17, 15) is 28.9 Å². The number of aliphatic hydroxyl groups excluding tert-OH is 1. The van der Waals surface area contributed by atoms with Crippen LogP contribution in [-0.4, -0.2) is 66.5 Å². The third-order valence-corrected chi connectivity index (χ3v) is 14.3. The van der Waals surface area contributed by atoms with Gasteiger partial charge in [0.05, 0.1) is 19.8 Å². The van der Waals surface area contributed by atoms with Crippen LogP contribution in [0.1, 0.15) is 265 Å². The van der Waals surface area contributed by atoms with Crippen LogP contribution in [0.3, 0.4) is 0 Å². The van der Waals surface area contributed by atoms with Crippen molar-refractivity contribution in [1.82, 2.24) is 0 Å². The molecule has 0 aliphatic heterocycles. The van der Waals surface area contributed by atoms with Gasteiger partial charge < -0.3 is 24.2 Å². The summed E-state index contributed by atoms with van der Waals surface area (Å²) < 4.78 is 39.7. The van der Waals surface area contributed by atoms with Crippen molar-refractivity contribution in [3.63, 3.8) is 0 Å². The van der Waals surface area contributed by atoms with Crippen molar-refractivity contribution in [2.24, 2.45) is 0 Å². The van der Waals surface area contributed by atoms with Gasteiger partial charge in [-0.15, -0.1) is 0 Å². The number of hydrogen-bond donors (Lipinski definition) is 2. The molecule has 0 aliphatic rings. The highest BCUT2D eigenvalue weighted by molar-refractivity contribution is 7.47. The first-order chi connectivity index (χ1) is 40.2. The largest absolute Gasteiger partial charge is 0.472 e. The molecule has 0 amide bonds. The Morgan fingerprint density at radius 3 is 1.00 bits per heavy atom. The Kier molecular flexibility index (Phi) is 59.8. The van der Waals surface area contributed by atoms with Gasteiger partial charge in [0, 0.05) is 19.3 Å². The van der Waals surface area contributed by atoms with Gasteiger partial charge in [-0.1, -0.05) is 239 Å². The number of phosphoric ester groups is 1. The minimum atomic E-state index is -4.78. The summed E-state index contributed by atoms with van der Waals surface area (Å²) in [5.74, 6) is -1.53. The Labute approximate surface area is 500 Å². The van der Waals surface area contributed by atoms with Crippen LogP contribution in [0.15, 0.2) is 122 Å². The second kappa shape index (κ2) is 62.9. The topological polar surface area (TPSA) is 155 Å². The average molecular weight is 1170 g/mol. The predicted molar refractivity (Wildman–Crippen MR) is 343 cm³/mol. The quantitative estimate of drug-likeness (QED) is 0.0197. The molecule has 2 N–H and O–H groups in total. The maximum atomic E-state index is 13.0. The Balaban J connectivity index is 4.80. The first-order valence-corrected chi connectivity index (χ1v) is 33.9. The lowest BCUT2D eigenvalue weighted by atomic mass is 10.1. The molecule has 0 aromatic carbocycles. The van der Waals surface area contributed by atoms with Gasteiger partial charge in [-0.25, -0.2) is 4.57 Å². The SMILES string of the molecule is CC/C=C\C/C=C\C/C=C\C/C=C\C/C=C\CCCCCC(=O)OCC(COP(=O)(O)OCC(CO)OC(=O)CCCCCC/C=C\C/C=C\C/C=C\C/C=C\CC)OC(=O)CCCCCCCCCCC/C=C\CCCCCCCC. The third kappa shape index (κ3) is 60.5. The van der Waals surface area contributed by atoms with Crippen LogP contribution < -0.4 is 0 Å². The van der Waals surface area contributed by atoms with E-state index in [-0.39, 0.29) is 25.9 Å². The van der Waals surface area contributed by atoms with Crippen molar-refractivity contribution in [2.45, 2.75) is 277 Å². The summed E-state index contributed by atoms with van der Waals surface area (Å²) >= 11 is 0. The lowest BCUT2D eigenvalue weighted by Gasteiger charge is -2.21. The fraction of sp³-hybridized carbons (Fsp3) is 0.671. The van der Waals surface area contributed by atoms with E-state index in [4.69, 9.17) is 23.3 Å². The van der Waals surface area contributed by atoms with Crippen LogP contribution in [0.4, 0.5) is 0 Å². The number of hydrogen-bond acceptors (Lipinski definition) is 10. The minimum Gasteiger partial charge on any atom is -0.462 e. The number of carbonyl (C=O) groups excluding carboxylic acids is 3.